The highest BCUT2D eigenvalue weighted by Gasteiger charge is 2.50. The van der Waals surface area contributed by atoms with Crippen LogP contribution in [0.3, 0.4) is 0 Å². The Bertz CT molecular complexity index is 1250. The van der Waals surface area contributed by atoms with Gasteiger partial charge in [0.15, 0.2) is 5.60 Å². The SMILES string of the molecule is CC(C)(C)[S@@+]([O-])N[C@@H](COC(C)(C)C(F)(F)F)c1nc2ccc([C@H](N)C3(C#N)CC3)cc2n1COCC[Si](C)(C)C. The molecule has 3 rings (SSSR count). The number of benzene rings is 1. The van der Waals surface area contributed by atoms with Crippen molar-refractivity contribution in [1.82, 2.24) is 14.3 Å². The van der Waals surface area contributed by atoms with Crippen LogP contribution in [0.1, 0.15) is 70.9 Å². The lowest BCUT2D eigenvalue weighted by Crippen LogP contribution is -2.47. The number of hydrogen-bond acceptors (Lipinski definition) is 7. The molecular weight excluding hydrogens is 571 g/mol. The van der Waals surface area contributed by atoms with Crippen molar-refractivity contribution in [2.75, 3.05) is 13.2 Å². The van der Waals surface area contributed by atoms with E-state index in [0.29, 0.717) is 23.5 Å². The van der Waals surface area contributed by atoms with Gasteiger partial charge in [-0.25, -0.2) is 4.98 Å². The number of alkyl halides is 3. The fraction of sp³-hybridized carbons (Fsp3) is 0.714. The van der Waals surface area contributed by atoms with Gasteiger partial charge in [-0.05, 0) is 71.2 Å². The standard InChI is InChI=1S/C28H44F3N5O3SSi/c1-25(2,3)40(37)35-21(16-39-26(4,5)28(29,30)31)24-34-20-10-9-19(23(33)27(17-32)11-12-27)15-22(20)36(24)18-38-13-14-41(6,7)8/h9-10,15,21,23,35H,11-14,16,18,33H2,1-8H3/t21-,23-,40+/m0/s1. The summed E-state index contributed by atoms with van der Waals surface area (Å²) in [6.07, 6.45) is -3.15. The van der Waals surface area contributed by atoms with Crippen LogP contribution in [-0.4, -0.2) is 51.9 Å². The molecule has 1 fully saturated rings. The van der Waals surface area contributed by atoms with Crippen LogP contribution >= 0.6 is 0 Å². The van der Waals surface area contributed by atoms with Gasteiger partial charge in [-0.1, -0.05) is 25.7 Å². The number of nitriles is 1. The second-order valence-electron chi connectivity index (χ2n) is 13.6. The quantitative estimate of drug-likeness (QED) is 0.159. The first-order chi connectivity index (χ1) is 18.7. The molecule has 1 aromatic carbocycles. The minimum Gasteiger partial charge on any atom is -0.598 e. The molecule has 1 saturated carbocycles. The number of rotatable bonds is 13. The van der Waals surface area contributed by atoms with Crippen molar-refractivity contribution in [1.29, 1.82) is 5.26 Å². The molecule has 0 bridgehead atoms. The summed E-state index contributed by atoms with van der Waals surface area (Å²) in [5.74, 6) is 0.343. The highest BCUT2D eigenvalue weighted by molar-refractivity contribution is 7.90. The lowest BCUT2D eigenvalue weighted by Gasteiger charge is -2.32. The van der Waals surface area contributed by atoms with Crippen molar-refractivity contribution in [3.05, 3.63) is 29.6 Å². The van der Waals surface area contributed by atoms with Crippen LogP contribution in [0.2, 0.25) is 25.7 Å². The molecule has 1 aromatic heterocycles. The molecule has 1 aliphatic carbocycles. The average molecular weight is 616 g/mol. The molecule has 1 aliphatic rings. The molecule has 0 aliphatic heterocycles. The number of nitrogens with one attached hydrogen (secondary N) is 1. The number of ether oxygens (including phenoxy) is 2. The van der Waals surface area contributed by atoms with Crippen LogP contribution in [0.15, 0.2) is 18.2 Å². The summed E-state index contributed by atoms with van der Waals surface area (Å²) in [6.45, 7) is 14.1. The van der Waals surface area contributed by atoms with E-state index in [0.717, 1.165) is 38.3 Å². The number of halogens is 3. The summed E-state index contributed by atoms with van der Waals surface area (Å²) in [5, 5.41) is 9.68. The van der Waals surface area contributed by atoms with Crippen LogP contribution in [0.5, 0.6) is 0 Å². The van der Waals surface area contributed by atoms with Crippen molar-refractivity contribution in [2.24, 2.45) is 11.1 Å². The van der Waals surface area contributed by atoms with Gasteiger partial charge >= 0.3 is 6.18 Å². The number of hydrogen-bond donors (Lipinski definition) is 2. The first kappa shape index (κ1) is 33.8. The maximum Gasteiger partial charge on any atom is 0.416 e. The molecule has 13 heteroatoms. The topological polar surface area (TPSA) is 121 Å². The van der Waals surface area contributed by atoms with Crippen molar-refractivity contribution >= 4 is 30.5 Å². The van der Waals surface area contributed by atoms with Crippen LogP contribution < -0.4 is 10.5 Å². The maximum atomic E-state index is 13.7. The fourth-order valence-electron chi connectivity index (χ4n) is 4.07. The molecule has 3 N–H and O–H groups in total. The van der Waals surface area contributed by atoms with Crippen molar-refractivity contribution in [2.45, 2.75) is 108 Å². The molecule has 1 heterocycles. The highest BCUT2D eigenvalue weighted by atomic mass is 32.2. The molecule has 8 nitrogen and oxygen atoms in total. The lowest BCUT2D eigenvalue weighted by atomic mass is 9.92. The van der Waals surface area contributed by atoms with E-state index in [1.165, 1.54) is 0 Å². The number of imidazole rings is 1. The van der Waals surface area contributed by atoms with E-state index in [4.69, 9.17) is 20.2 Å². The van der Waals surface area contributed by atoms with E-state index >= 15 is 0 Å². The largest absolute Gasteiger partial charge is 0.598 e. The zero-order valence-electron chi connectivity index (χ0n) is 25.3. The van der Waals surface area contributed by atoms with Crippen molar-refractivity contribution in [3.8, 4) is 6.07 Å². The maximum absolute atomic E-state index is 13.7. The number of fused-ring (bicyclic) bond motifs is 1. The zero-order chi connectivity index (χ0) is 31.0. The Morgan fingerprint density at radius 2 is 1.85 bits per heavy atom. The van der Waals surface area contributed by atoms with E-state index in [1.54, 1.807) is 31.4 Å². The molecule has 3 atom stereocenters. The molecule has 0 saturated heterocycles. The number of nitrogens with two attached hydrogens (primary N) is 1. The van der Waals surface area contributed by atoms with Crippen molar-refractivity contribution < 1.29 is 27.2 Å². The lowest BCUT2D eigenvalue weighted by molar-refractivity contribution is -0.265. The van der Waals surface area contributed by atoms with Gasteiger partial charge in [0.2, 0.25) is 0 Å². The van der Waals surface area contributed by atoms with E-state index in [-0.39, 0.29) is 6.73 Å². The third-order valence-corrected chi connectivity index (χ3v) is 10.7. The first-order valence-electron chi connectivity index (χ1n) is 13.8. The average Bonchev–Trinajstić information content (AvgIpc) is 3.57. The molecule has 0 spiro atoms. The summed E-state index contributed by atoms with van der Waals surface area (Å²) in [5.41, 5.74) is 5.49. The molecule has 2 aromatic rings. The molecule has 0 amide bonds. The summed E-state index contributed by atoms with van der Waals surface area (Å²) in [7, 11) is -1.38. The Hall–Kier alpha value is -1.66. The summed E-state index contributed by atoms with van der Waals surface area (Å²) >= 11 is -1.64. The van der Waals surface area contributed by atoms with Gasteiger partial charge in [0.25, 0.3) is 0 Å². The summed E-state index contributed by atoms with van der Waals surface area (Å²) in [6, 6.07) is 7.33. The summed E-state index contributed by atoms with van der Waals surface area (Å²) in [4.78, 5) is 4.76. The van der Waals surface area contributed by atoms with Gasteiger partial charge in [0, 0.05) is 32.1 Å². The molecule has 41 heavy (non-hydrogen) atoms. The van der Waals surface area contributed by atoms with Gasteiger partial charge in [0.1, 0.15) is 23.3 Å². The smallest absolute Gasteiger partial charge is 0.416 e. The Labute approximate surface area is 245 Å². The van der Waals surface area contributed by atoms with Crippen LogP contribution in [0.4, 0.5) is 13.2 Å². The molecular formula is C28H44F3N5O3SSi. The van der Waals surface area contributed by atoms with E-state index in [1.807, 2.05) is 12.1 Å². The third kappa shape index (κ3) is 8.25. The monoisotopic (exact) mass is 615 g/mol. The minimum atomic E-state index is -4.61. The second-order valence-corrected chi connectivity index (χ2v) is 21.2. The van der Waals surface area contributed by atoms with E-state index in [9.17, 15) is 23.0 Å². The van der Waals surface area contributed by atoms with Gasteiger partial charge < -0.3 is 24.3 Å². The summed E-state index contributed by atoms with van der Waals surface area (Å²) < 4.78 is 69.7. The Kier molecular flexibility index (Phi) is 10.0. The van der Waals surface area contributed by atoms with Gasteiger partial charge in [-0.3, -0.25) is 0 Å². The zero-order valence-corrected chi connectivity index (χ0v) is 27.1. The normalized spacial score (nSPS) is 18.2. The third-order valence-electron chi connectivity index (χ3n) is 7.40. The van der Waals surface area contributed by atoms with Crippen LogP contribution in [0, 0.1) is 16.7 Å². The molecule has 230 valence electrons. The molecule has 0 radical (unpaired) electrons. The predicted octanol–water partition coefficient (Wildman–Crippen LogP) is 6.10. The fourth-order valence-corrected chi connectivity index (χ4v) is 5.62. The van der Waals surface area contributed by atoms with Gasteiger partial charge in [-0.2, -0.15) is 18.4 Å². The number of nitrogens with zero attached hydrogens (tertiary/aromatic N) is 3. The van der Waals surface area contributed by atoms with E-state index in [2.05, 4.69) is 30.4 Å². The molecule has 0 unspecified atom stereocenters. The minimum absolute atomic E-state index is 0.0847. The second kappa shape index (κ2) is 12.1. The first-order valence-corrected chi connectivity index (χ1v) is 18.7. The van der Waals surface area contributed by atoms with Crippen LogP contribution in [0.25, 0.3) is 11.0 Å². The van der Waals surface area contributed by atoms with Crippen molar-refractivity contribution in [3.63, 3.8) is 0 Å². The Morgan fingerprint density at radius 3 is 2.37 bits per heavy atom. The number of aromatic nitrogens is 2. The van der Waals surface area contributed by atoms with Gasteiger partial charge in [0.05, 0.1) is 29.1 Å². The Balaban J connectivity index is 2.07. The van der Waals surface area contributed by atoms with E-state index < -0.39 is 60.1 Å². The van der Waals surface area contributed by atoms with Gasteiger partial charge in [-0.15, -0.1) is 4.72 Å². The van der Waals surface area contributed by atoms with Crippen LogP contribution in [-0.2, 0) is 27.6 Å². The predicted molar refractivity (Wildman–Crippen MR) is 158 cm³/mol. The highest BCUT2D eigenvalue weighted by Crippen LogP contribution is 2.53. The Morgan fingerprint density at radius 1 is 1.22 bits per heavy atom.